The summed E-state index contributed by atoms with van der Waals surface area (Å²) < 4.78 is 52.4. The van der Waals surface area contributed by atoms with Crippen LogP contribution in [0.25, 0.3) is 33.5 Å². The molecule has 0 atom stereocenters. The molecule has 0 radical (unpaired) electrons. The van der Waals surface area contributed by atoms with Crippen LogP contribution in [0.15, 0.2) is 164 Å². The Morgan fingerprint density at radius 2 is 0.926 bits per heavy atom. The van der Waals surface area contributed by atoms with E-state index in [4.69, 9.17) is 37.9 Å². The predicted octanol–water partition coefficient (Wildman–Crippen LogP) is 12.6. The molecule has 68 heavy (non-hydrogen) atoms. The Labute approximate surface area is 397 Å². The average molecular weight is 908 g/mol. The minimum Gasteiger partial charge on any atom is -0.493 e. The smallest absolute Gasteiger partial charge is 0.355 e. The van der Waals surface area contributed by atoms with Crippen LogP contribution in [0.5, 0.6) is 40.2 Å². The summed E-state index contributed by atoms with van der Waals surface area (Å²) in [5.74, 6) is 3.18. The van der Waals surface area contributed by atoms with Crippen LogP contribution in [0.2, 0.25) is 0 Å². The molecule has 10 heteroatoms. The van der Waals surface area contributed by atoms with E-state index < -0.39 is 5.97 Å². The van der Waals surface area contributed by atoms with Crippen LogP contribution in [0.4, 0.5) is 0 Å². The summed E-state index contributed by atoms with van der Waals surface area (Å²) >= 11 is 0. The van der Waals surface area contributed by atoms with Crippen molar-refractivity contribution >= 4 is 5.97 Å². The van der Waals surface area contributed by atoms with Crippen LogP contribution in [-0.2, 0) is 44.1 Å². The van der Waals surface area contributed by atoms with Crippen LogP contribution in [0, 0.1) is 0 Å². The fourth-order valence-electron chi connectivity index (χ4n) is 8.62. The second-order valence-corrected chi connectivity index (χ2v) is 16.2. The maximum absolute atomic E-state index is 14.8. The van der Waals surface area contributed by atoms with Crippen molar-refractivity contribution in [3.05, 3.63) is 197 Å². The maximum atomic E-state index is 14.8. The van der Waals surface area contributed by atoms with Crippen molar-refractivity contribution in [1.29, 1.82) is 0 Å². The van der Waals surface area contributed by atoms with E-state index >= 15 is 0 Å². The van der Waals surface area contributed by atoms with E-state index in [0.717, 1.165) is 50.2 Å². The van der Waals surface area contributed by atoms with Crippen molar-refractivity contribution in [3.8, 4) is 73.8 Å². The molecule has 0 N–H and O–H groups in total. The largest absolute Gasteiger partial charge is 0.493 e. The zero-order valence-corrected chi connectivity index (χ0v) is 38.7. The lowest BCUT2D eigenvalue weighted by Crippen LogP contribution is -2.18. The number of hydrogen-bond acceptors (Lipinski definition) is 9. The van der Waals surface area contributed by atoms with Gasteiger partial charge in [-0.05, 0) is 77.1 Å². The number of fused-ring (bicyclic) bond motifs is 3. The second kappa shape index (κ2) is 21.0. The lowest BCUT2D eigenvalue weighted by Gasteiger charge is -2.24. The summed E-state index contributed by atoms with van der Waals surface area (Å²) in [7, 11) is 4.87. The normalized spacial score (nSPS) is 11.5. The predicted molar refractivity (Wildman–Crippen MR) is 263 cm³/mol. The number of esters is 1. The maximum Gasteiger partial charge on any atom is 0.355 e. The lowest BCUT2D eigenvalue weighted by molar-refractivity contribution is 0.0514. The molecule has 8 aromatic rings. The standard InChI is InChI=1S/C58H53NO9/c1-5-64-58(60)57-55(46-33-51(63-4)53(68-38-42-24-16-9-17-25-42)34-48(46)66-36-40-20-12-7-13-21-40)54(44-26-27-47(49(31-44)61-2)65-35-39-18-10-6-11-19-39)56-45-32-50(62-3)52(30-43(45)28-29-59(56)57)67-37-41-22-14-8-15-23-41/h6-27,30-34H,5,28-29,35-38H2,1-4H3. The second-order valence-electron chi connectivity index (χ2n) is 16.2. The third-order valence-electron chi connectivity index (χ3n) is 11.9. The molecule has 1 aliphatic rings. The van der Waals surface area contributed by atoms with Crippen molar-refractivity contribution in [2.24, 2.45) is 0 Å². The first kappa shape index (κ1) is 45.1. The molecule has 0 spiro atoms. The van der Waals surface area contributed by atoms with Crippen LogP contribution >= 0.6 is 0 Å². The summed E-state index contributed by atoms with van der Waals surface area (Å²) in [6, 6.07) is 53.6. The number of aromatic nitrogens is 1. The van der Waals surface area contributed by atoms with Crippen LogP contribution in [-0.4, -0.2) is 38.5 Å². The summed E-state index contributed by atoms with van der Waals surface area (Å²) in [4.78, 5) is 14.8. The fourth-order valence-corrected chi connectivity index (χ4v) is 8.62. The van der Waals surface area contributed by atoms with Gasteiger partial charge in [0, 0.05) is 34.9 Å². The van der Waals surface area contributed by atoms with Crippen molar-refractivity contribution in [3.63, 3.8) is 0 Å². The van der Waals surface area contributed by atoms with E-state index in [1.165, 1.54) is 0 Å². The summed E-state index contributed by atoms with van der Waals surface area (Å²) in [6.07, 6.45) is 0.594. The van der Waals surface area contributed by atoms with Crippen molar-refractivity contribution in [2.75, 3.05) is 27.9 Å². The van der Waals surface area contributed by atoms with E-state index in [1.807, 2.05) is 165 Å². The average Bonchev–Trinajstić information content (AvgIpc) is 3.75. The highest BCUT2D eigenvalue weighted by molar-refractivity contribution is 6.08. The van der Waals surface area contributed by atoms with Gasteiger partial charge >= 0.3 is 5.97 Å². The van der Waals surface area contributed by atoms with E-state index in [-0.39, 0.29) is 13.2 Å². The molecule has 1 aromatic heterocycles. The highest BCUT2D eigenvalue weighted by Crippen LogP contribution is 2.54. The zero-order chi connectivity index (χ0) is 46.8. The van der Waals surface area contributed by atoms with Crippen LogP contribution in [0.1, 0.15) is 45.2 Å². The number of methoxy groups -OCH3 is 3. The Morgan fingerprint density at radius 1 is 0.471 bits per heavy atom. The van der Waals surface area contributed by atoms with Gasteiger partial charge in [0.2, 0.25) is 0 Å². The SMILES string of the molecule is CCOC(=O)c1c(-c2cc(OC)c(OCc3ccccc3)cc2OCc2ccccc2)c(-c2ccc(OCc3ccccc3)c(OC)c2)c2n1CCc1cc(OCc3ccccc3)c(OC)cc1-2. The van der Waals surface area contributed by atoms with Crippen molar-refractivity contribution in [1.82, 2.24) is 4.57 Å². The highest BCUT2D eigenvalue weighted by atomic mass is 16.5. The van der Waals surface area contributed by atoms with Gasteiger partial charge in [-0.25, -0.2) is 4.79 Å². The fraction of sp³-hybridized carbons (Fsp3) is 0.190. The molecule has 0 unspecified atom stereocenters. The number of nitrogens with zero attached hydrogens (tertiary/aromatic N) is 1. The van der Waals surface area contributed by atoms with Crippen molar-refractivity contribution < 1.29 is 42.7 Å². The Bertz CT molecular complexity index is 2990. The van der Waals surface area contributed by atoms with E-state index in [2.05, 4.69) is 10.6 Å². The van der Waals surface area contributed by atoms with Crippen LogP contribution in [0.3, 0.4) is 0 Å². The molecule has 9 rings (SSSR count). The van der Waals surface area contributed by atoms with E-state index in [1.54, 1.807) is 21.3 Å². The minimum absolute atomic E-state index is 0.162. The lowest BCUT2D eigenvalue weighted by atomic mass is 9.89. The highest BCUT2D eigenvalue weighted by Gasteiger charge is 2.36. The third-order valence-corrected chi connectivity index (χ3v) is 11.9. The van der Waals surface area contributed by atoms with Crippen molar-refractivity contribution in [2.45, 2.75) is 46.3 Å². The molecular formula is C58H53NO9. The quantitative estimate of drug-likeness (QED) is 0.0735. The number of rotatable bonds is 19. The number of carbonyl (C=O) groups is 1. The molecule has 0 saturated carbocycles. The van der Waals surface area contributed by atoms with Gasteiger partial charge in [0.1, 0.15) is 37.9 Å². The first-order valence-corrected chi connectivity index (χ1v) is 22.7. The van der Waals surface area contributed by atoms with E-state index in [9.17, 15) is 4.79 Å². The molecular weight excluding hydrogens is 855 g/mol. The molecule has 0 amide bonds. The molecule has 0 aliphatic carbocycles. The molecule has 1 aliphatic heterocycles. The Balaban J connectivity index is 1.28. The van der Waals surface area contributed by atoms with Gasteiger partial charge < -0.3 is 42.5 Å². The topological polar surface area (TPSA) is 95.8 Å². The number of hydrogen-bond donors (Lipinski definition) is 0. The zero-order valence-electron chi connectivity index (χ0n) is 38.7. The Kier molecular flexibility index (Phi) is 13.9. The van der Waals surface area contributed by atoms with Crippen LogP contribution < -0.4 is 33.2 Å². The van der Waals surface area contributed by atoms with E-state index in [0.29, 0.717) is 89.9 Å². The van der Waals surface area contributed by atoms with Gasteiger partial charge in [-0.2, -0.15) is 0 Å². The first-order chi connectivity index (χ1) is 33.5. The van der Waals surface area contributed by atoms with Gasteiger partial charge in [-0.1, -0.05) is 127 Å². The summed E-state index contributed by atoms with van der Waals surface area (Å²) in [5, 5.41) is 0. The molecule has 7 aromatic carbocycles. The summed E-state index contributed by atoms with van der Waals surface area (Å²) in [5.41, 5.74) is 9.75. The van der Waals surface area contributed by atoms with Gasteiger partial charge in [0.05, 0.1) is 33.6 Å². The molecule has 10 nitrogen and oxygen atoms in total. The molecule has 0 bridgehead atoms. The number of carbonyl (C=O) groups excluding carboxylic acids is 1. The molecule has 0 saturated heterocycles. The Hall–Kier alpha value is -8.11. The van der Waals surface area contributed by atoms with Gasteiger partial charge in [-0.3, -0.25) is 0 Å². The number of ether oxygens (including phenoxy) is 8. The van der Waals surface area contributed by atoms with Gasteiger partial charge in [0.25, 0.3) is 0 Å². The first-order valence-electron chi connectivity index (χ1n) is 22.7. The molecule has 2 heterocycles. The summed E-state index contributed by atoms with van der Waals surface area (Å²) in [6.45, 7) is 3.68. The molecule has 0 fully saturated rings. The number of aryl methyl sites for hydroxylation is 1. The monoisotopic (exact) mass is 907 g/mol. The van der Waals surface area contributed by atoms with Gasteiger partial charge in [-0.15, -0.1) is 0 Å². The van der Waals surface area contributed by atoms with Gasteiger partial charge in [0.15, 0.2) is 34.5 Å². The Morgan fingerprint density at radius 3 is 1.43 bits per heavy atom. The number of benzene rings is 7. The minimum atomic E-state index is -0.486. The molecule has 344 valence electrons. The third kappa shape index (κ3) is 9.71.